The molecule has 0 bridgehead atoms. The number of alkyl halides is 3. The highest BCUT2D eigenvalue weighted by molar-refractivity contribution is 7.99. The van der Waals surface area contributed by atoms with Crippen LogP contribution in [0, 0.1) is 0 Å². The van der Waals surface area contributed by atoms with E-state index in [0.29, 0.717) is 10.6 Å². The number of rotatable bonds is 0. The zero-order valence-electron chi connectivity index (χ0n) is 8.95. The van der Waals surface area contributed by atoms with Crippen LogP contribution in [0.25, 0.3) is 0 Å². The third-order valence-corrected chi connectivity index (χ3v) is 3.69. The molecule has 1 aromatic heterocycles. The van der Waals surface area contributed by atoms with Crippen molar-refractivity contribution in [3.05, 3.63) is 42.2 Å². The van der Waals surface area contributed by atoms with Crippen LogP contribution in [0.3, 0.4) is 0 Å². The predicted molar refractivity (Wildman–Crippen MR) is 63.1 cm³/mol. The second-order valence-electron chi connectivity index (χ2n) is 3.81. The maximum atomic E-state index is 12.6. The Morgan fingerprint density at radius 1 is 1.06 bits per heavy atom. The molecular weight excluding hydrogens is 261 g/mol. The third kappa shape index (κ3) is 1.92. The fraction of sp³-hybridized carbons (Fsp3) is 0.0833. The summed E-state index contributed by atoms with van der Waals surface area (Å²) in [4.78, 5) is 5.34. The Kier molecular flexibility index (Phi) is 2.48. The monoisotopic (exact) mass is 268 g/mol. The molecule has 0 spiro atoms. The second-order valence-corrected chi connectivity index (χ2v) is 4.89. The van der Waals surface area contributed by atoms with Gasteiger partial charge in [-0.1, -0.05) is 11.8 Å². The van der Waals surface area contributed by atoms with E-state index in [9.17, 15) is 13.2 Å². The first kappa shape index (κ1) is 11.4. The first-order valence-electron chi connectivity index (χ1n) is 5.14. The Morgan fingerprint density at radius 3 is 2.61 bits per heavy atom. The number of hydrogen-bond donors (Lipinski definition) is 1. The largest absolute Gasteiger partial charge is 0.416 e. The van der Waals surface area contributed by atoms with E-state index in [1.165, 1.54) is 17.8 Å². The van der Waals surface area contributed by atoms with Crippen molar-refractivity contribution in [2.24, 2.45) is 0 Å². The maximum Gasteiger partial charge on any atom is 0.416 e. The summed E-state index contributed by atoms with van der Waals surface area (Å²) in [6.07, 6.45) is -1.04. The summed E-state index contributed by atoms with van der Waals surface area (Å²) < 4.78 is 37.8. The molecule has 0 saturated carbocycles. The molecule has 0 fully saturated rings. The van der Waals surface area contributed by atoms with E-state index in [0.717, 1.165) is 22.7 Å². The Bertz CT molecular complexity index is 611. The normalized spacial score (nSPS) is 13.5. The number of pyridine rings is 1. The summed E-state index contributed by atoms with van der Waals surface area (Å²) in [7, 11) is 0. The molecular formula is C12H7F3N2S. The lowest BCUT2D eigenvalue weighted by Gasteiger charge is -2.21. The number of hydrogen-bond acceptors (Lipinski definition) is 3. The summed E-state index contributed by atoms with van der Waals surface area (Å²) in [5, 5.41) is 3.09. The molecule has 92 valence electrons. The Morgan fingerprint density at radius 2 is 1.83 bits per heavy atom. The van der Waals surface area contributed by atoms with Crippen molar-refractivity contribution in [2.45, 2.75) is 16.0 Å². The van der Waals surface area contributed by atoms with Gasteiger partial charge in [-0.25, -0.2) is 0 Å². The lowest BCUT2D eigenvalue weighted by Crippen LogP contribution is -2.07. The number of anilines is 2. The molecule has 3 rings (SSSR count). The molecule has 6 heteroatoms. The highest BCUT2D eigenvalue weighted by atomic mass is 32.2. The van der Waals surface area contributed by atoms with Crippen LogP contribution in [0.5, 0.6) is 0 Å². The van der Waals surface area contributed by atoms with Crippen molar-refractivity contribution in [3.63, 3.8) is 0 Å². The third-order valence-electron chi connectivity index (χ3n) is 2.58. The van der Waals surface area contributed by atoms with E-state index in [2.05, 4.69) is 10.3 Å². The van der Waals surface area contributed by atoms with Gasteiger partial charge in [-0.3, -0.25) is 4.98 Å². The first-order chi connectivity index (χ1) is 8.54. The predicted octanol–water partition coefficient (Wildman–Crippen LogP) is 4.31. The van der Waals surface area contributed by atoms with E-state index in [1.54, 1.807) is 18.5 Å². The molecule has 0 radical (unpaired) electrons. The SMILES string of the molecule is FC(F)(F)c1ccc2c(c1)Sc1cnccc1N2. The zero-order valence-corrected chi connectivity index (χ0v) is 9.77. The van der Waals surface area contributed by atoms with Crippen molar-refractivity contribution in [3.8, 4) is 0 Å². The highest BCUT2D eigenvalue weighted by Crippen LogP contribution is 2.45. The summed E-state index contributed by atoms with van der Waals surface area (Å²) in [5.41, 5.74) is 0.914. The van der Waals surface area contributed by atoms with Crippen molar-refractivity contribution >= 4 is 23.1 Å². The van der Waals surface area contributed by atoms with Crippen LogP contribution < -0.4 is 5.32 Å². The smallest absolute Gasteiger partial charge is 0.354 e. The Labute approximate surface area is 105 Å². The molecule has 1 aliphatic heterocycles. The van der Waals surface area contributed by atoms with E-state index >= 15 is 0 Å². The van der Waals surface area contributed by atoms with Crippen molar-refractivity contribution < 1.29 is 13.2 Å². The Hall–Kier alpha value is -1.69. The van der Waals surface area contributed by atoms with Gasteiger partial charge in [0.2, 0.25) is 0 Å². The van der Waals surface area contributed by atoms with Gasteiger partial charge >= 0.3 is 6.18 Å². The molecule has 0 aliphatic carbocycles. The fourth-order valence-corrected chi connectivity index (χ4v) is 2.71. The molecule has 2 aromatic rings. The summed E-state index contributed by atoms with van der Waals surface area (Å²) in [6.45, 7) is 0. The average Bonchev–Trinajstić information content (AvgIpc) is 2.34. The summed E-state index contributed by atoms with van der Waals surface area (Å²) in [5.74, 6) is 0. The minimum atomic E-state index is -4.31. The topological polar surface area (TPSA) is 24.9 Å². The quantitative estimate of drug-likeness (QED) is 0.657. The van der Waals surface area contributed by atoms with Crippen molar-refractivity contribution in [1.29, 1.82) is 0 Å². The zero-order chi connectivity index (χ0) is 12.8. The minimum Gasteiger partial charge on any atom is -0.354 e. The lowest BCUT2D eigenvalue weighted by atomic mass is 10.2. The number of nitrogens with one attached hydrogen (secondary N) is 1. The van der Waals surface area contributed by atoms with Crippen LogP contribution in [0.15, 0.2) is 46.5 Å². The van der Waals surface area contributed by atoms with Gasteiger partial charge < -0.3 is 5.32 Å². The van der Waals surface area contributed by atoms with Crippen LogP contribution in [-0.2, 0) is 6.18 Å². The molecule has 0 unspecified atom stereocenters. The van der Waals surface area contributed by atoms with Crippen LogP contribution in [0.4, 0.5) is 24.5 Å². The molecule has 1 N–H and O–H groups in total. The highest BCUT2D eigenvalue weighted by Gasteiger charge is 2.31. The van der Waals surface area contributed by atoms with Crippen molar-refractivity contribution in [2.75, 3.05) is 5.32 Å². The molecule has 1 aromatic carbocycles. The Balaban J connectivity index is 2.04. The first-order valence-corrected chi connectivity index (χ1v) is 5.96. The van der Waals surface area contributed by atoms with E-state index in [4.69, 9.17) is 0 Å². The van der Waals surface area contributed by atoms with Gasteiger partial charge in [-0.2, -0.15) is 13.2 Å². The fourth-order valence-electron chi connectivity index (χ4n) is 1.71. The number of fused-ring (bicyclic) bond motifs is 2. The number of halogens is 3. The maximum absolute atomic E-state index is 12.6. The standard InChI is InChI=1S/C12H7F3N2S/c13-12(14,15)7-1-2-8-10(5-7)18-11-6-16-4-3-9(11)17-8/h1-6,17H. The van der Waals surface area contributed by atoms with Crippen molar-refractivity contribution in [1.82, 2.24) is 4.98 Å². The molecule has 2 heterocycles. The average molecular weight is 268 g/mol. The number of aromatic nitrogens is 1. The van der Waals surface area contributed by atoms with E-state index in [-0.39, 0.29) is 0 Å². The number of benzene rings is 1. The lowest BCUT2D eigenvalue weighted by molar-refractivity contribution is -0.137. The van der Waals surface area contributed by atoms with Crippen LogP contribution in [0.1, 0.15) is 5.56 Å². The minimum absolute atomic E-state index is 0.560. The van der Waals surface area contributed by atoms with Gasteiger partial charge in [0, 0.05) is 17.3 Å². The van der Waals surface area contributed by atoms with E-state index < -0.39 is 11.7 Å². The van der Waals surface area contributed by atoms with Gasteiger partial charge in [-0.05, 0) is 24.3 Å². The molecule has 0 saturated heterocycles. The molecule has 18 heavy (non-hydrogen) atoms. The van der Waals surface area contributed by atoms with Gasteiger partial charge in [0.05, 0.1) is 21.8 Å². The van der Waals surface area contributed by atoms with Gasteiger partial charge in [-0.15, -0.1) is 0 Å². The van der Waals surface area contributed by atoms with Gasteiger partial charge in [0.25, 0.3) is 0 Å². The van der Waals surface area contributed by atoms with Gasteiger partial charge in [0.15, 0.2) is 0 Å². The molecule has 0 amide bonds. The molecule has 2 nitrogen and oxygen atoms in total. The van der Waals surface area contributed by atoms with E-state index in [1.807, 2.05) is 0 Å². The molecule has 0 atom stereocenters. The van der Waals surface area contributed by atoms with Crippen LogP contribution in [0.2, 0.25) is 0 Å². The summed E-state index contributed by atoms with van der Waals surface area (Å²) >= 11 is 1.29. The second kappa shape index (κ2) is 3.91. The molecule has 1 aliphatic rings. The van der Waals surface area contributed by atoms with Gasteiger partial charge in [0.1, 0.15) is 0 Å². The van der Waals surface area contributed by atoms with Crippen LogP contribution >= 0.6 is 11.8 Å². The summed E-state index contributed by atoms with van der Waals surface area (Å²) in [6, 6.07) is 5.49. The van der Waals surface area contributed by atoms with Crippen LogP contribution in [-0.4, -0.2) is 4.98 Å². The number of nitrogens with zero attached hydrogens (tertiary/aromatic N) is 1.